The molecule has 1 unspecified atom stereocenters. The van der Waals surface area contributed by atoms with Crippen LogP contribution < -0.4 is 15.1 Å². The predicted octanol–water partition coefficient (Wildman–Crippen LogP) is 2.44. The Labute approximate surface area is 156 Å². The fraction of sp³-hybridized carbons (Fsp3) is 0.667. The Morgan fingerprint density at radius 2 is 1.84 bits per heavy atom. The Morgan fingerprint density at radius 1 is 1.16 bits per heavy atom. The van der Waals surface area contributed by atoms with Crippen LogP contribution >= 0.6 is 11.9 Å². The average molecular weight is 364 g/mol. The number of morpholine rings is 1. The molecule has 0 aliphatic carbocycles. The summed E-state index contributed by atoms with van der Waals surface area (Å²) in [5, 5.41) is 0. The second kappa shape index (κ2) is 7.12. The maximum atomic E-state index is 6.26. The van der Waals surface area contributed by atoms with Gasteiger partial charge in [-0.2, -0.15) is 0 Å². The van der Waals surface area contributed by atoms with Gasteiger partial charge in [0.05, 0.1) is 24.4 Å². The van der Waals surface area contributed by atoms with Crippen molar-refractivity contribution in [3.05, 3.63) is 18.2 Å². The van der Waals surface area contributed by atoms with Crippen molar-refractivity contribution >= 4 is 30.2 Å². The van der Waals surface area contributed by atoms with E-state index in [2.05, 4.69) is 62.4 Å². The first-order chi connectivity index (χ1) is 11.7. The highest BCUT2D eigenvalue weighted by molar-refractivity contribution is 7.97. The number of rotatable bonds is 4. The van der Waals surface area contributed by atoms with Crippen molar-refractivity contribution in [3.63, 3.8) is 0 Å². The molecule has 7 heteroatoms. The Kier molecular flexibility index (Phi) is 5.42. The van der Waals surface area contributed by atoms with Crippen LogP contribution in [0.4, 0.5) is 5.69 Å². The molecule has 2 fully saturated rings. The highest BCUT2D eigenvalue weighted by Crippen LogP contribution is 2.37. The first-order valence-electron chi connectivity index (χ1n) is 8.92. The molecule has 0 radical (unpaired) electrons. The maximum Gasteiger partial charge on any atom is 0.494 e. The third-order valence-corrected chi connectivity index (χ3v) is 6.03. The molecular weight excluding hydrogens is 335 g/mol. The molecule has 2 saturated heterocycles. The number of ether oxygens (including phenoxy) is 1. The summed E-state index contributed by atoms with van der Waals surface area (Å²) in [6.07, 6.45) is 0. The summed E-state index contributed by atoms with van der Waals surface area (Å²) in [5.74, 6) is 0. The summed E-state index contributed by atoms with van der Waals surface area (Å²) in [5.41, 5.74) is 1.58. The van der Waals surface area contributed by atoms with Gasteiger partial charge in [0.25, 0.3) is 0 Å². The molecule has 2 aliphatic heterocycles. The summed E-state index contributed by atoms with van der Waals surface area (Å²) in [4.78, 5) is 3.56. The molecule has 1 aromatic carbocycles. The monoisotopic (exact) mass is 364 g/mol. The van der Waals surface area contributed by atoms with Crippen LogP contribution in [0.25, 0.3) is 0 Å². The van der Waals surface area contributed by atoms with E-state index >= 15 is 0 Å². The molecule has 0 bridgehead atoms. The summed E-state index contributed by atoms with van der Waals surface area (Å²) in [7, 11) is 1.58. The smallest absolute Gasteiger partial charge is 0.399 e. The van der Waals surface area contributed by atoms with Crippen molar-refractivity contribution in [2.45, 2.75) is 56.8 Å². The van der Waals surface area contributed by atoms with Crippen LogP contribution in [-0.2, 0) is 14.0 Å². The van der Waals surface area contributed by atoms with Crippen molar-refractivity contribution in [1.82, 2.24) is 4.72 Å². The topological polar surface area (TPSA) is 43.0 Å². The molecule has 0 spiro atoms. The van der Waals surface area contributed by atoms with Gasteiger partial charge in [-0.1, -0.05) is 0 Å². The molecule has 2 aliphatic rings. The second-order valence-electron chi connectivity index (χ2n) is 7.77. The quantitative estimate of drug-likeness (QED) is 0.654. The lowest BCUT2D eigenvalue weighted by Gasteiger charge is -2.35. The van der Waals surface area contributed by atoms with Crippen molar-refractivity contribution in [2.75, 3.05) is 31.7 Å². The van der Waals surface area contributed by atoms with E-state index in [0.29, 0.717) is 6.04 Å². The van der Waals surface area contributed by atoms with Crippen LogP contribution in [0.1, 0.15) is 34.6 Å². The minimum Gasteiger partial charge on any atom is -0.399 e. The van der Waals surface area contributed by atoms with Gasteiger partial charge in [0.1, 0.15) is 0 Å². The molecule has 3 rings (SSSR count). The molecular formula is C18H29BN2O3S. The molecule has 0 saturated carbocycles. The predicted molar refractivity (Wildman–Crippen MR) is 105 cm³/mol. The lowest BCUT2D eigenvalue weighted by atomic mass is 9.79. The Morgan fingerprint density at radius 3 is 2.44 bits per heavy atom. The Balaban J connectivity index is 1.94. The molecule has 1 aromatic rings. The molecule has 0 amide bonds. The van der Waals surface area contributed by atoms with Gasteiger partial charge in [0, 0.05) is 23.2 Å². The normalized spacial score (nSPS) is 25.4. The van der Waals surface area contributed by atoms with E-state index in [1.807, 2.05) is 7.05 Å². The maximum absolute atomic E-state index is 6.26. The molecule has 2 heterocycles. The molecule has 1 atom stereocenters. The van der Waals surface area contributed by atoms with Gasteiger partial charge >= 0.3 is 7.12 Å². The molecule has 138 valence electrons. The minimum absolute atomic E-state index is 0.337. The van der Waals surface area contributed by atoms with Gasteiger partial charge in [-0.05, 0) is 77.3 Å². The van der Waals surface area contributed by atoms with Crippen LogP contribution in [0.2, 0.25) is 0 Å². The second-order valence-corrected chi connectivity index (χ2v) is 8.86. The first-order valence-corrected chi connectivity index (χ1v) is 9.74. The Bertz CT molecular complexity index is 610. The van der Waals surface area contributed by atoms with E-state index in [-0.39, 0.29) is 18.3 Å². The zero-order chi connectivity index (χ0) is 18.2. The standard InChI is InChI=1S/C18H29BN2O3S/c1-13-12-22-8-7-21(13)15-9-14(10-16(11-15)25-20-6)19-23-17(2,3)18(4,5)24-19/h9-11,13,20H,7-8,12H2,1-6H3. The van der Waals surface area contributed by atoms with Gasteiger partial charge in [-0.25, -0.2) is 0 Å². The summed E-state index contributed by atoms with van der Waals surface area (Å²) in [6.45, 7) is 13.0. The van der Waals surface area contributed by atoms with E-state index in [1.165, 1.54) is 5.69 Å². The van der Waals surface area contributed by atoms with Gasteiger partial charge in [0.2, 0.25) is 0 Å². The number of anilines is 1. The summed E-state index contributed by atoms with van der Waals surface area (Å²) >= 11 is 1.61. The average Bonchev–Trinajstić information content (AvgIpc) is 2.76. The van der Waals surface area contributed by atoms with Gasteiger partial charge in [0.15, 0.2) is 0 Å². The largest absolute Gasteiger partial charge is 0.494 e. The van der Waals surface area contributed by atoms with E-state index in [4.69, 9.17) is 14.0 Å². The van der Waals surface area contributed by atoms with E-state index in [9.17, 15) is 0 Å². The first kappa shape index (κ1) is 19.0. The molecule has 0 aromatic heterocycles. The summed E-state index contributed by atoms with van der Waals surface area (Å²) < 4.78 is 21.3. The lowest BCUT2D eigenvalue weighted by Crippen LogP contribution is -2.44. The number of hydrogen-bond acceptors (Lipinski definition) is 6. The van der Waals surface area contributed by atoms with Crippen molar-refractivity contribution < 1.29 is 14.0 Å². The van der Waals surface area contributed by atoms with Gasteiger partial charge in [-0.15, -0.1) is 0 Å². The van der Waals surface area contributed by atoms with Crippen molar-refractivity contribution in [2.24, 2.45) is 0 Å². The lowest BCUT2D eigenvalue weighted by molar-refractivity contribution is 0.00578. The highest BCUT2D eigenvalue weighted by atomic mass is 32.2. The van der Waals surface area contributed by atoms with Crippen LogP contribution in [0.5, 0.6) is 0 Å². The van der Waals surface area contributed by atoms with Crippen LogP contribution in [-0.4, -0.2) is 51.2 Å². The molecule has 5 nitrogen and oxygen atoms in total. The molecule has 25 heavy (non-hydrogen) atoms. The van der Waals surface area contributed by atoms with E-state index < -0.39 is 0 Å². The number of hydrogen-bond donors (Lipinski definition) is 1. The Hall–Kier alpha value is -0.725. The van der Waals surface area contributed by atoms with Crippen LogP contribution in [0.15, 0.2) is 23.1 Å². The zero-order valence-electron chi connectivity index (χ0n) is 16.1. The fourth-order valence-corrected chi connectivity index (χ4v) is 3.78. The third-order valence-electron chi connectivity index (χ3n) is 5.36. The van der Waals surface area contributed by atoms with Crippen LogP contribution in [0, 0.1) is 0 Å². The van der Waals surface area contributed by atoms with Crippen molar-refractivity contribution in [3.8, 4) is 0 Å². The molecule has 1 N–H and O–H groups in total. The number of benzene rings is 1. The zero-order valence-corrected chi connectivity index (χ0v) is 16.9. The summed E-state index contributed by atoms with van der Waals surface area (Å²) in [6, 6.07) is 6.93. The highest BCUT2D eigenvalue weighted by Gasteiger charge is 2.51. The van der Waals surface area contributed by atoms with Gasteiger partial charge in [-0.3, -0.25) is 4.72 Å². The van der Waals surface area contributed by atoms with E-state index in [0.717, 1.165) is 30.1 Å². The van der Waals surface area contributed by atoms with Crippen LogP contribution in [0.3, 0.4) is 0 Å². The fourth-order valence-electron chi connectivity index (χ4n) is 3.17. The number of nitrogens with one attached hydrogen (secondary N) is 1. The van der Waals surface area contributed by atoms with E-state index in [1.54, 1.807) is 11.9 Å². The number of nitrogens with zero attached hydrogens (tertiary/aromatic N) is 1. The third kappa shape index (κ3) is 3.86. The minimum atomic E-state index is -0.350. The van der Waals surface area contributed by atoms with Crippen molar-refractivity contribution in [1.29, 1.82) is 0 Å². The SMILES string of the molecule is CNSc1cc(B2OC(C)(C)C(C)(C)O2)cc(N2CCOCC2C)c1. The van der Waals surface area contributed by atoms with Gasteiger partial charge < -0.3 is 18.9 Å².